The van der Waals surface area contributed by atoms with Gasteiger partial charge in [0.25, 0.3) is 0 Å². The third-order valence-corrected chi connectivity index (χ3v) is 3.28. The summed E-state index contributed by atoms with van der Waals surface area (Å²) >= 11 is 7.50. The van der Waals surface area contributed by atoms with Crippen LogP contribution < -0.4 is 4.90 Å². The molecular formula is C10H17ClN4S. The second-order valence-electron chi connectivity index (χ2n) is 3.21. The molecule has 1 heterocycles. The summed E-state index contributed by atoms with van der Waals surface area (Å²) < 4.78 is 0. The van der Waals surface area contributed by atoms with Crippen LogP contribution in [0.4, 0.5) is 5.95 Å². The molecule has 16 heavy (non-hydrogen) atoms. The van der Waals surface area contributed by atoms with Gasteiger partial charge in [0.05, 0.1) is 0 Å². The lowest BCUT2D eigenvalue weighted by atomic mass is 10.5. The molecule has 4 nitrogen and oxygen atoms in total. The van der Waals surface area contributed by atoms with Gasteiger partial charge in [-0.25, -0.2) is 0 Å². The van der Waals surface area contributed by atoms with Crippen LogP contribution in [-0.4, -0.2) is 33.8 Å². The summed E-state index contributed by atoms with van der Waals surface area (Å²) in [5, 5.41) is 0.985. The number of anilines is 1. The Morgan fingerprint density at radius 3 is 2.38 bits per heavy atom. The molecule has 0 amide bonds. The van der Waals surface area contributed by atoms with Crippen LogP contribution in [0.15, 0.2) is 5.16 Å². The maximum absolute atomic E-state index is 5.88. The summed E-state index contributed by atoms with van der Waals surface area (Å²) in [6.45, 7) is 8.00. The summed E-state index contributed by atoms with van der Waals surface area (Å²) in [5.41, 5.74) is 0. The predicted molar refractivity (Wildman–Crippen MR) is 69.4 cm³/mol. The summed E-state index contributed by atoms with van der Waals surface area (Å²) in [4.78, 5) is 14.7. The Bertz CT molecular complexity index is 331. The van der Waals surface area contributed by atoms with Crippen molar-refractivity contribution in [2.75, 3.05) is 23.7 Å². The van der Waals surface area contributed by atoms with Gasteiger partial charge in [0.2, 0.25) is 11.2 Å². The Kier molecular flexibility index (Phi) is 5.84. The molecule has 6 heteroatoms. The number of rotatable bonds is 6. The third-order valence-electron chi connectivity index (χ3n) is 2.06. The maximum Gasteiger partial charge on any atom is 0.230 e. The molecule has 0 N–H and O–H groups in total. The van der Waals surface area contributed by atoms with Crippen LogP contribution >= 0.6 is 23.4 Å². The first-order valence-corrected chi connectivity index (χ1v) is 6.86. The number of aromatic nitrogens is 3. The zero-order chi connectivity index (χ0) is 12.0. The molecule has 1 aromatic rings. The molecule has 0 bridgehead atoms. The molecule has 0 atom stereocenters. The number of thioether (sulfide) groups is 1. The Hall–Kier alpha value is -0.550. The standard InChI is InChI=1S/C10H17ClN4S/c1-4-7-16-10-13-8(11)12-9(14-10)15(5-2)6-3/h4-7H2,1-3H3. The van der Waals surface area contributed by atoms with Crippen molar-refractivity contribution in [2.24, 2.45) is 0 Å². The largest absolute Gasteiger partial charge is 0.341 e. The number of hydrogen-bond donors (Lipinski definition) is 0. The molecule has 1 aromatic heterocycles. The van der Waals surface area contributed by atoms with E-state index < -0.39 is 0 Å². The highest BCUT2D eigenvalue weighted by atomic mass is 35.5. The highest BCUT2D eigenvalue weighted by Gasteiger charge is 2.09. The van der Waals surface area contributed by atoms with Crippen LogP contribution in [0.25, 0.3) is 0 Å². The average Bonchev–Trinajstić information content (AvgIpc) is 2.27. The molecule has 0 aromatic carbocycles. The first kappa shape index (κ1) is 13.5. The van der Waals surface area contributed by atoms with Gasteiger partial charge in [-0.05, 0) is 31.9 Å². The van der Waals surface area contributed by atoms with Gasteiger partial charge >= 0.3 is 0 Å². The molecule has 0 aliphatic heterocycles. The van der Waals surface area contributed by atoms with Crippen molar-refractivity contribution in [3.05, 3.63) is 5.28 Å². The smallest absolute Gasteiger partial charge is 0.230 e. The van der Waals surface area contributed by atoms with E-state index >= 15 is 0 Å². The average molecular weight is 261 g/mol. The topological polar surface area (TPSA) is 41.9 Å². The predicted octanol–water partition coefficient (Wildman–Crippen LogP) is 2.87. The van der Waals surface area contributed by atoms with E-state index in [1.54, 1.807) is 11.8 Å². The fourth-order valence-electron chi connectivity index (χ4n) is 1.23. The fourth-order valence-corrected chi connectivity index (χ4v) is 2.12. The van der Waals surface area contributed by atoms with E-state index in [0.29, 0.717) is 11.1 Å². The molecule has 90 valence electrons. The summed E-state index contributed by atoms with van der Waals surface area (Å²) in [5.74, 6) is 1.67. The van der Waals surface area contributed by atoms with Gasteiger partial charge in [0.15, 0.2) is 5.16 Å². The monoisotopic (exact) mass is 260 g/mol. The Balaban J connectivity index is 2.88. The van der Waals surface area contributed by atoms with Gasteiger partial charge in [0.1, 0.15) is 0 Å². The van der Waals surface area contributed by atoms with Crippen LogP contribution in [0.3, 0.4) is 0 Å². The van der Waals surface area contributed by atoms with E-state index in [0.717, 1.165) is 25.3 Å². The van der Waals surface area contributed by atoms with Crippen LogP contribution in [0.2, 0.25) is 5.28 Å². The van der Waals surface area contributed by atoms with E-state index in [4.69, 9.17) is 11.6 Å². The van der Waals surface area contributed by atoms with Crippen molar-refractivity contribution in [3.8, 4) is 0 Å². The highest BCUT2D eigenvalue weighted by Crippen LogP contribution is 2.19. The zero-order valence-electron chi connectivity index (χ0n) is 9.90. The molecule has 0 spiro atoms. The van der Waals surface area contributed by atoms with Crippen LogP contribution in [0, 0.1) is 0 Å². The van der Waals surface area contributed by atoms with Gasteiger partial charge in [0, 0.05) is 18.8 Å². The zero-order valence-corrected chi connectivity index (χ0v) is 11.5. The molecule has 0 saturated carbocycles. The second-order valence-corrected chi connectivity index (χ2v) is 4.61. The highest BCUT2D eigenvalue weighted by molar-refractivity contribution is 7.99. The van der Waals surface area contributed by atoms with Crippen molar-refractivity contribution in [1.82, 2.24) is 15.0 Å². The molecule has 0 aliphatic carbocycles. The van der Waals surface area contributed by atoms with Crippen molar-refractivity contribution in [2.45, 2.75) is 32.3 Å². The molecule has 1 rings (SSSR count). The van der Waals surface area contributed by atoms with E-state index in [1.165, 1.54) is 0 Å². The Labute approximate surface area is 106 Å². The van der Waals surface area contributed by atoms with Gasteiger partial charge in [-0.3, -0.25) is 0 Å². The summed E-state index contributed by atoms with van der Waals surface area (Å²) in [7, 11) is 0. The lowest BCUT2D eigenvalue weighted by Crippen LogP contribution is -2.24. The first-order chi connectivity index (χ1) is 7.71. The molecule has 0 fully saturated rings. The fraction of sp³-hybridized carbons (Fsp3) is 0.700. The lowest BCUT2D eigenvalue weighted by Gasteiger charge is -2.18. The lowest BCUT2D eigenvalue weighted by molar-refractivity contribution is 0.781. The number of halogens is 1. The minimum atomic E-state index is 0.274. The third kappa shape index (κ3) is 3.79. The van der Waals surface area contributed by atoms with E-state index in [-0.39, 0.29) is 5.28 Å². The quantitative estimate of drug-likeness (QED) is 0.736. The van der Waals surface area contributed by atoms with Crippen molar-refractivity contribution in [3.63, 3.8) is 0 Å². The Morgan fingerprint density at radius 1 is 1.12 bits per heavy atom. The molecular weight excluding hydrogens is 244 g/mol. The van der Waals surface area contributed by atoms with Crippen LogP contribution in [0.5, 0.6) is 0 Å². The minimum Gasteiger partial charge on any atom is -0.341 e. The van der Waals surface area contributed by atoms with E-state index in [9.17, 15) is 0 Å². The Morgan fingerprint density at radius 2 is 1.81 bits per heavy atom. The molecule has 0 unspecified atom stereocenters. The van der Waals surface area contributed by atoms with Gasteiger partial charge in [-0.2, -0.15) is 15.0 Å². The van der Waals surface area contributed by atoms with Crippen LogP contribution in [-0.2, 0) is 0 Å². The van der Waals surface area contributed by atoms with Crippen molar-refractivity contribution >= 4 is 29.3 Å². The second kappa shape index (κ2) is 6.91. The number of hydrogen-bond acceptors (Lipinski definition) is 5. The molecule has 0 radical (unpaired) electrons. The van der Waals surface area contributed by atoms with Crippen molar-refractivity contribution < 1.29 is 0 Å². The summed E-state index contributed by atoms with van der Waals surface area (Å²) in [6, 6.07) is 0. The van der Waals surface area contributed by atoms with Crippen molar-refractivity contribution in [1.29, 1.82) is 0 Å². The SMILES string of the molecule is CCCSc1nc(Cl)nc(N(CC)CC)n1. The van der Waals surface area contributed by atoms with E-state index in [2.05, 4.69) is 40.6 Å². The van der Waals surface area contributed by atoms with Gasteiger partial charge in [-0.1, -0.05) is 18.7 Å². The van der Waals surface area contributed by atoms with E-state index in [1.807, 2.05) is 0 Å². The number of nitrogens with zero attached hydrogens (tertiary/aromatic N) is 4. The van der Waals surface area contributed by atoms with Crippen LogP contribution in [0.1, 0.15) is 27.2 Å². The molecule has 0 saturated heterocycles. The first-order valence-electron chi connectivity index (χ1n) is 5.50. The van der Waals surface area contributed by atoms with Gasteiger partial charge in [-0.15, -0.1) is 0 Å². The normalized spacial score (nSPS) is 10.5. The summed E-state index contributed by atoms with van der Waals surface area (Å²) in [6.07, 6.45) is 1.09. The maximum atomic E-state index is 5.88. The minimum absolute atomic E-state index is 0.274. The van der Waals surface area contributed by atoms with Gasteiger partial charge < -0.3 is 4.90 Å². The molecule has 0 aliphatic rings.